The van der Waals surface area contributed by atoms with E-state index in [2.05, 4.69) is 9.78 Å². The molecule has 0 amide bonds. The summed E-state index contributed by atoms with van der Waals surface area (Å²) in [5, 5.41) is 0. The number of alkyl halides is 18. The first kappa shape index (κ1) is 31.0. The van der Waals surface area contributed by atoms with Crippen molar-refractivity contribution in [3.63, 3.8) is 0 Å². The largest absolute Gasteiger partial charge is 0.420 e. The van der Waals surface area contributed by atoms with Crippen molar-refractivity contribution in [2.24, 2.45) is 0 Å². The van der Waals surface area contributed by atoms with E-state index >= 15 is 0 Å². The third-order valence-corrected chi connectivity index (χ3v) is 4.26. The van der Waals surface area contributed by atoms with Gasteiger partial charge in [-0.15, -0.1) is 0 Å². The summed E-state index contributed by atoms with van der Waals surface area (Å²) in [6, 6.07) is -4.07. The molecule has 2 aromatic rings. The highest BCUT2D eigenvalue weighted by molar-refractivity contribution is 5.50. The van der Waals surface area contributed by atoms with E-state index in [1.54, 1.807) is 0 Å². The van der Waals surface area contributed by atoms with Gasteiger partial charge in [-0.3, -0.25) is 9.78 Å². The lowest BCUT2D eigenvalue weighted by molar-refractivity contribution is -0.178. The number of hydrogen-bond acceptors (Lipinski definition) is 2. The molecule has 0 aliphatic rings. The SMILES string of the molecule is FC(F)(F)c1cc(C(F)(F)F)c(OOc2c(C(F)(F)F)cc(C(F)(F)F)cc2C(F)(F)F)c(C(F)(F)F)c1. The molecule has 0 heterocycles. The quantitative estimate of drug-likeness (QED) is 0.201. The van der Waals surface area contributed by atoms with Gasteiger partial charge < -0.3 is 0 Å². The lowest BCUT2D eigenvalue weighted by Crippen LogP contribution is -2.22. The fourth-order valence-electron chi connectivity index (χ4n) is 2.69. The lowest BCUT2D eigenvalue weighted by Gasteiger charge is -2.23. The molecule has 0 spiro atoms. The molecule has 0 N–H and O–H groups in total. The van der Waals surface area contributed by atoms with Crippen molar-refractivity contribution in [3.8, 4) is 11.5 Å². The van der Waals surface area contributed by atoms with Crippen molar-refractivity contribution in [3.05, 3.63) is 57.6 Å². The Hall–Kier alpha value is -3.22. The molecule has 2 nitrogen and oxygen atoms in total. The Morgan fingerprint density at radius 2 is 0.500 bits per heavy atom. The van der Waals surface area contributed by atoms with Crippen LogP contribution in [-0.4, -0.2) is 0 Å². The minimum atomic E-state index is -6.21. The fourth-order valence-corrected chi connectivity index (χ4v) is 2.69. The van der Waals surface area contributed by atoms with Gasteiger partial charge in [0.15, 0.2) is 0 Å². The van der Waals surface area contributed by atoms with E-state index in [0.29, 0.717) is 0 Å². The van der Waals surface area contributed by atoms with Crippen molar-refractivity contribution >= 4 is 0 Å². The lowest BCUT2D eigenvalue weighted by atomic mass is 10.0. The number of hydrogen-bond donors (Lipinski definition) is 0. The van der Waals surface area contributed by atoms with Gasteiger partial charge in [0.2, 0.25) is 11.5 Å². The zero-order valence-corrected chi connectivity index (χ0v) is 16.9. The highest BCUT2D eigenvalue weighted by atomic mass is 19.4. The van der Waals surface area contributed by atoms with Gasteiger partial charge in [0, 0.05) is 0 Å². The highest BCUT2D eigenvalue weighted by Gasteiger charge is 2.49. The van der Waals surface area contributed by atoms with Crippen molar-refractivity contribution in [1.29, 1.82) is 0 Å². The Morgan fingerprint density at radius 3 is 0.632 bits per heavy atom. The summed E-state index contributed by atoms with van der Waals surface area (Å²) in [7, 11) is 0. The fraction of sp³-hybridized carbons (Fsp3) is 0.333. The van der Waals surface area contributed by atoms with Crippen molar-refractivity contribution in [2.75, 3.05) is 0 Å². The maximum Gasteiger partial charge on any atom is 0.420 e. The average Bonchev–Trinajstić information content (AvgIpc) is 2.66. The van der Waals surface area contributed by atoms with Gasteiger partial charge in [0.25, 0.3) is 0 Å². The van der Waals surface area contributed by atoms with Gasteiger partial charge in [-0.2, -0.15) is 79.0 Å². The van der Waals surface area contributed by atoms with Crippen LogP contribution in [0.1, 0.15) is 33.4 Å². The maximum absolute atomic E-state index is 13.3. The highest BCUT2D eigenvalue weighted by Crippen LogP contribution is 2.50. The predicted molar refractivity (Wildman–Crippen MR) is 84.2 cm³/mol. The predicted octanol–water partition coefficient (Wildman–Crippen LogP) is 9.17. The summed E-state index contributed by atoms with van der Waals surface area (Å²) in [6.45, 7) is 0. The van der Waals surface area contributed by atoms with Gasteiger partial charge in [-0.05, 0) is 24.3 Å². The Balaban J connectivity index is 2.90. The van der Waals surface area contributed by atoms with Crippen LogP contribution < -0.4 is 9.78 Å². The first-order chi connectivity index (χ1) is 16.6. The van der Waals surface area contributed by atoms with Gasteiger partial charge in [-0.1, -0.05) is 0 Å². The topological polar surface area (TPSA) is 18.5 Å². The van der Waals surface area contributed by atoms with Crippen LogP contribution in [0.25, 0.3) is 0 Å². The summed E-state index contributed by atoms with van der Waals surface area (Å²) in [6.07, 6.45) is -36.6. The second-order valence-corrected chi connectivity index (χ2v) is 6.95. The second kappa shape index (κ2) is 9.21. The minimum absolute atomic E-state index is 1.02. The zero-order valence-electron chi connectivity index (χ0n) is 16.9. The summed E-state index contributed by atoms with van der Waals surface area (Å²) in [5.41, 5.74) is -17.2. The molecule has 38 heavy (non-hydrogen) atoms. The number of halogens is 18. The van der Waals surface area contributed by atoms with Crippen LogP contribution in [0.3, 0.4) is 0 Å². The van der Waals surface area contributed by atoms with Crippen LogP contribution in [0.5, 0.6) is 11.5 Å². The molecular formula is C18H4F18O2. The third-order valence-electron chi connectivity index (χ3n) is 4.26. The first-order valence-corrected chi connectivity index (χ1v) is 8.79. The molecule has 0 saturated carbocycles. The molecule has 0 aliphatic carbocycles. The second-order valence-electron chi connectivity index (χ2n) is 6.95. The molecule has 0 saturated heterocycles. The number of benzene rings is 2. The molecule has 2 aromatic carbocycles. The third kappa shape index (κ3) is 6.80. The van der Waals surface area contributed by atoms with Crippen LogP contribution in [0, 0.1) is 0 Å². The standard InChI is InChI=1S/C18H4F18O2/c19-13(20,21)5-1-7(15(25,26)27)11(8(2-5)16(28,29)30)37-38-12-9(17(31,32)33)3-6(14(22,23)24)4-10(12)18(34,35)36/h1-4H. The smallest absolute Gasteiger partial charge is 0.289 e. The van der Waals surface area contributed by atoms with E-state index in [9.17, 15) is 79.0 Å². The molecule has 0 aliphatic heterocycles. The molecule has 0 unspecified atom stereocenters. The normalized spacial score (nSPS) is 14.1. The molecule has 0 atom stereocenters. The van der Waals surface area contributed by atoms with Crippen molar-refractivity contribution < 1.29 is 88.8 Å². The molecule has 0 radical (unpaired) electrons. The summed E-state index contributed by atoms with van der Waals surface area (Å²) >= 11 is 0. The number of rotatable bonds is 3. The van der Waals surface area contributed by atoms with E-state index in [4.69, 9.17) is 0 Å². The van der Waals surface area contributed by atoms with Gasteiger partial charge in [0.1, 0.15) is 22.3 Å². The van der Waals surface area contributed by atoms with Crippen LogP contribution in [0.4, 0.5) is 79.0 Å². The van der Waals surface area contributed by atoms with Crippen LogP contribution in [0.2, 0.25) is 0 Å². The molecule has 20 heteroatoms. The van der Waals surface area contributed by atoms with Gasteiger partial charge in [0.05, 0.1) is 11.1 Å². The average molecular weight is 594 g/mol. The van der Waals surface area contributed by atoms with E-state index in [1.807, 2.05) is 0 Å². The van der Waals surface area contributed by atoms with Crippen LogP contribution >= 0.6 is 0 Å². The summed E-state index contributed by atoms with van der Waals surface area (Å²) in [5.74, 6) is -5.72. The van der Waals surface area contributed by atoms with E-state index in [1.165, 1.54) is 0 Å². The minimum Gasteiger partial charge on any atom is -0.289 e. The van der Waals surface area contributed by atoms with Crippen molar-refractivity contribution in [1.82, 2.24) is 0 Å². The molecule has 0 fully saturated rings. The Labute approximate surface area is 196 Å². The van der Waals surface area contributed by atoms with Crippen LogP contribution in [-0.2, 0) is 37.1 Å². The Bertz CT molecular complexity index is 1010. The molecule has 214 valence electrons. The van der Waals surface area contributed by atoms with E-state index in [0.717, 1.165) is 0 Å². The molecule has 0 aromatic heterocycles. The maximum atomic E-state index is 13.3. The van der Waals surface area contributed by atoms with Gasteiger partial charge in [-0.25, -0.2) is 0 Å². The molecule has 0 bridgehead atoms. The monoisotopic (exact) mass is 594 g/mol. The van der Waals surface area contributed by atoms with Crippen LogP contribution in [0.15, 0.2) is 24.3 Å². The van der Waals surface area contributed by atoms with Crippen molar-refractivity contribution in [2.45, 2.75) is 37.1 Å². The van der Waals surface area contributed by atoms with E-state index < -0.39 is 106 Å². The first-order valence-electron chi connectivity index (χ1n) is 8.79. The Kier molecular flexibility index (Phi) is 7.51. The van der Waals surface area contributed by atoms with Gasteiger partial charge >= 0.3 is 37.1 Å². The zero-order chi connectivity index (χ0) is 29.9. The summed E-state index contributed by atoms with van der Waals surface area (Å²) < 4.78 is 236. The Morgan fingerprint density at radius 1 is 0.316 bits per heavy atom. The summed E-state index contributed by atoms with van der Waals surface area (Å²) in [4.78, 5) is 6.97. The molecule has 2 rings (SSSR count). The molecular weight excluding hydrogens is 590 g/mol. The van der Waals surface area contributed by atoms with E-state index in [-0.39, 0.29) is 0 Å².